The molecule has 0 radical (unpaired) electrons. The van der Waals surface area contributed by atoms with E-state index in [1.54, 1.807) is 0 Å². The fourth-order valence-corrected chi connectivity index (χ4v) is 4.71. The molecule has 1 unspecified atom stereocenters. The predicted octanol–water partition coefficient (Wildman–Crippen LogP) is 5.75. The highest BCUT2D eigenvalue weighted by Gasteiger charge is 2.28. The van der Waals surface area contributed by atoms with Crippen LogP contribution < -0.4 is 4.74 Å². The van der Waals surface area contributed by atoms with Crippen LogP contribution in [0.25, 0.3) is 11.3 Å². The number of pyridine rings is 1. The summed E-state index contributed by atoms with van der Waals surface area (Å²) in [5.74, 6) is 0.998. The molecule has 4 heteroatoms. The zero-order valence-corrected chi connectivity index (χ0v) is 19.5. The van der Waals surface area contributed by atoms with Crippen LogP contribution in [-0.4, -0.2) is 42.8 Å². The number of hydrogen-bond donors (Lipinski definition) is 0. The van der Waals surface area contributed by atoms with Gasteiger partial charge in [0, 0.05) is 42.0 Å². The molecule has 1 fully saturated rings. The number of hydrogen-bond acceptors (Lipinski definition) is 4. The molecule has 4 nitrogen and oxygen atoms in total. The Morgan fingerprint density at radius 2 is 1.73 bits per heavy atom. The number of aromatic nitrogens is 1. The summed E-state index contributed by atoms with van der Waals surface area (Å²) in [6.45, 7) is 15.1. The highest BCUT2D eigenvalue weighted by Crippen LogP contribution is 2.39. The zero-order chi connectivity index (χ0) is 21.5. The Morgan fingerprint density at radius 3 is 2.30 bits per heavy atom. The first kappa shape index (κ1) is 22.8. The molecule has 1 aliphatic heterocycles. The van der Waals surface area contributed by atoms with E-state index in [2.05, 4.69) is 63.8 Å². The molecule has 164 valence electrons. The maximum Gasteiger partial charge on any atom is 0.128 e. The molecule has 0 bridgehead atoms. The van der Waals surface area contributed by atoms with Crippen LogP contribution in [0.15, 0.2) is 24.3 Å². The monoisotopic (exact) mass is 410 g/mol. The number of nitrogens with zero attached hydrogens (tertiary/aromatic N) is 2. The lowest BCUT2D eigenvalue weighted by Gasteiger charge is -2.36. The highest BCUT2D eigenvalue weighted by atomic mass is 16.5. The lowest BCUT2D eigenvalue weighted by molar-refractivity contribution is 0.0132. The SMILES string of the molecule is CCCC(c1c(OCC)cc(-c2c(CC)cccc2CC)nc1C)N1CCOCC1. The minimum atomic E-state index is 0.328. The van der Waals surface area contributed by atoms with Gasteiger partial charge in [0.2, 0.25) is 0 Å². The Bertz CT molecular complexity index is 806. The van der Waals surface area contributed by atoms with E-state index >= 15 is 0 Å². The Balaban J connectivity index is 2.13. The highest BCUT2D eigenvalue weighted by molar-refractivity contribution is 5.70. The van der Waals surface area contributed by atoms with Gasteiger partial charge in [0.05, 0.1) is 25.5 Å². The van der Waals surface area contributed by atoms with E-state index in [-0.39, 0.29) is 0 Å². The summed E-state index contributed by atoms with van der Waals surface area (Å²) in [7, 11) is 0. The second-order valence-electron chi connectivity index (χ2n) is 8.05. The fourth-order valence-electron chi connectivity index (χ4n) is 4.71. The molecule has 0 spiro atoms. The summed E-state index contributed by atoms with van der Waals surface area (Å²) in [4.78, 5) is 7.72. The van der Waals surface area contributed by atoms with Gasteiger partial charge in [-0.25, -0.2) is 0 Å². The second-order valence-corrected chi connectivity index (χ2v) is 8.05. The van der Waals surface area contributed by atoms with Crippen LogP contribution in [0.3, 0.4) is 0 Å². The van der Waals surface area contributed by atoms with Gasteiger partial charge in [-0.2, -0.15) is 0 Å². The predicted molar refractivity (Wildman–Crippen MR) is 124 cm³/mol. The molecule has 1 aromatic heterocycles. The van der Waals surface area contributed by atoms with E-state index in [1.807, 2.05) is 0 Å². The number of aryl methyl sites for hydroxylation is 3. The van der Waals surface area contributed by atoms with Gasteiger partial charge in [-0.05, 0) is 44.2 Å². The topological polar surface area (TPSA) is 34.6 Å². The van der Waals surface area contributed by atoms with Crippen LogP contribution in [0.2, 0.25) is 0 Å². The van der Waals surface area contributed by atoms with E-state index in [9.17, 15) is 0 Å². The molecule has 1 aliphatic rings. The van der Waals surface area contributed by atoms with Crippen LogP contribution >= 0.6 is 0 Å². The van der Waals surface area contributed by atoms with Gasteiger partial charge in [0.1, 0.15) is 5.75 Å². The van der Waals surface area contributed by atoms with Crippen molar-refractivity contribution in [1.29, 1.82) is 0 Å². The van der Waals surface area contributed by atoms with Gasteiger partial charge in [-0.1, -0.05) is 45.4 Å². The Hall–Kier alpha value is -1.91. The zero-order valence-electron chi connectivity index (χ0n) is 19.5. The summed E-state index contributed by atoms with van der Waals surface area (Å²) >= 11 is 0. The first-order valence-corrected chi connectivity index (χ1v) is 11.7. The van der Waals surface area contributed by atoms with E-state index < -0.39 is 0 Å². The minimum Gasteiger partial charge on any atom is -0.493 e. The van der Waals surface area contributed by atoms with E-state index in [0.29, 0.717) is 12.6 Å². The molecule has 1 saturated heterocycles. The lowest BCUT2D eigenvalue weighted by Crippen LogP contribution is -2.39. The molecule has 2 aromatic rings. The Morgan fingerprint density at radius 1 is 1.07 bits per heavy atom. The molecule has 2 heterocycles. The maximum absolute atomic E-state index is 6.25. The molecule has 0 aliphatic carbocycles. The van der Waals surface area contributed by atoms with Crippen molar-refractivity contribution >= 4 is 0 Å². The lowest BCUT2D eigenvalue weighted by atomic mass is 9.92. The van der Waals surface area contributed by atoms with Gasteiger partial charge in [-0.15, -0.1) is 0 Å². The van der Waals surface area contributed by atoms with Crippen molar-refractivity contribution in [2.75, 3.05) is 32.9 Å². The average molecular weight is 411 g/mol. The van der Waals surface area contributed by atoms with Crippen LogP contribution in [0, 0.1) is 6.92 Å². The molecule has 0 N–H and O–H groups in total. The second kappa shape index (κ2) is 10.9. The van der Waals surface area contributed by atoms with Crippen molar-refractivity contribution in [2.24, 2.45) is 0 Å². The van der Waals surface area contributed by atoms with Crippen molar-refractivity contribution in [3.63, 3.8) is 0 Å². The summed E-state index contributed by atoms with van der Waals surface area (Å²) < 4.78 is 11.9. The van der Waals surface area contributed by atoms with Crippen LogP contribution in [0.4, 0.5) is 0 Å². The molecule has 3 rings (SSSR count). The van der Waals surface area contributed by atoms with E-state index in [4.69, 9.17) is 14.5 Å². The number of morpholine rings is 1. The third-order valence-corrected chi connectivity index (χ3v) is 6.15. The van der Waals surface area contributed by atoms with Crippen molar-refractivity contribution < 1.29 is 9.47 Å². The Labute approximate surface area is 182 Å². The van der Waals surface area contributed by atoms with Gasteiger partial charge in [0.25, 0.3) is 0 Å². The molecular weight excluding hydrogens is 372 g/mol. The first-order chi connectivity index (χ1) is 14.6. The quantitative estimate of drug-likeness (QED) is 0.527. The number of rotatable bonds is 9. The maximum atomic E-state index is 6.25. The van der Waals surface area contributed by atoms with Crippen molar-refractivity contribution in [1.82, 2.24) is 9.88 Å². The normalized spacial score (nSPS) is 15.9. The molecule has 1 atom stereocenters. The van der Waals surface area contributed by atoms with Gasteiger partial charge < -0.3 is 9.47 Å². The van der Waals surface area contributed by atoms with Crippen molar-refractivity contribution in [3.05, 3.63) is 46.6 Å². The average Bonchev–Trinajstić information content (AvgIpc) is 2.78. The summed E-state index contributed by atoms with van der Waals surface area (Å²) in [5.41, 5.74) is 7.40. The van der Waals surface area contributed by atoms with Crippen LogP contribution in [-0.2, 0) is 17.6 Å². The fraction of sp³-hybridized carbons (Fsp3) is 0.577. The standard InChI is InChI=1S/C26H38N2O2/c1-6-11-23(28-14-16-29-17-15-28)25-19(5)27-22(18-24(25)30-9-4)26-20(7-2)12-10-13-21(26)8-3/h10,12-13,18,23H,6-9,11,14-17H2,1-5H3. The first-order valence-electron chi connectivity index (χ1n) is 11.7. The molecular formula is C26H38N2O2. The van der Waals surface area contributed by atoms with Gasteiger partial charge >= 0.3 is 0 Å². The summed E-state index contributed by atoms with van der Waals surface area (Å²) in [6.07, 6.45) is 4.24. The van der Waals surface area contributed by atoms with Crippen LogP contribution in [0.5, 0.6) is 5.75 Å². The minimum absolute atomic E-state index is 0.328. The van der Waals surface area contributed by atoms with Gasteiger partial charge in [-0.3, -0.25) is 9.88 Å². The third-order valence-electron chi connectivity index (χ3n) is 6.15. The van der Waals surface area contributed by atoms with Gasteiger partial charge in [0.15, 0.2) is 0 Å². The Kier molecular flexibility index (Phi) is 8.29. The summed E-state index contributed by atoms with van der Waals surface area (Å²) in [5, 5.41) is 0. The number of benzene rings is 1. The summed E-state index contributed by atoms with van der Waals surface area (Å²) in [6, 6.07) is 9.15. The molecule has 1 aromatic carbocycles. The van der Waals surface area contributed by atoms with E-state index in [1.165, 1.54) is 22.3 Å². The molecule has 0 amide bonds. The van der Waals surface area contributed by atoms with Crippen LogP contribution in [0.1, 0.15) is 69.0 Å². The van der Waals surface area contributed by atoms with Crippen molar-refractivity contribution in [3.8, 4) is 17.0 Å². The third kappa shape index (κ3) is 4.87. The largest absolute Gasteiger partial charge is 0.493 e. The van der Waals surface area contributed by atoms with E-state index in [0.717, 1.165) is 69.1 Å². The molecule has 30 heavy (non-hydrogen) atoms. The number of ether oxygens (including phenoxy) is 2. The van der Waals surface area contributed by atoms with Crippen molar-refractivity contribution in [2.45, 2.75) is 66.3 Å². The molecule has 0 saturated carbocycles. The smallest absolute Gasteiger partial charge is 0.128 e.